The van der Waals surface area contributed by atoms with Crippen LogP contribution in [0.15, 0.2) is 42.5 Å². The highest BCUT2D eigenvalue weighted by molar-refractivity contribution is 6.08. The highest BCUT2D eigenvalue weighted by atomic mass is 19.4. The molecule has 2 saturated heterocycles. The highest BCUT2D eigenvalue weighted by Gasteiger charge is 2.56. The highest BCUT2D eigenvalue weighted by Crippen LogP contribution is 2.43. The summed E-state index contributed by atoms with van der Waals surface area (Å²) < 4.78 is 38.7. The fourth-order valence-corrected chi connectivity index (χ4v) is 5.33. The number of piperidine rings is 1. The van der Waals surface area contributed by atoms with Gasteiger partial charge in [0.25, 0.3) is 0 Å². The number of amides is 3. The number of hydrogen-bond donors (Lipinski definition) is 0. The maximum Gasteiger partial charge on any atom is 0.406 e. The predicted octanol–water partition coefficient (Wildman–Crippen LogP) is 3.45. The van der Waals surface area contributed by atoms with Crippen LogP contribution in [0.2, 0.25) is 0 Å². The van der Waals surface area contributed by atoms with E-state index >= 15 is 0 Å². The Bertz CT molecular complexity index is 907. The van der Waals surface area contributed by atoms with Crippen LogP contribution in [0.4, 0.5) is 13.2 Å². The Morgan fingerprint density at radius 2 is 1.69 bits per heavy atom. The van der Waals surface area contributed by atoms with Crippen LogP contribution in [0, 0.1) is 29.6 Å². The van der Waals surface area contributed by atoms with Gasteiger partial charge in [-0.3, -0.25) is 19.3 Å². The van der Waals surface area contributed by atoms with E-state index in [0.29, 0.717) is 19.0 Å². The van der Waals surface area contributed by atoms with E-state index in [-0.39, 0.29) is 16.7 Å². The fourth-order valence-electron chi connectivity index (χ4n) is 5.33. The maximum atomic E-state index is 13.4. The average Bonchev–Trinajstić information content (AvgIpc) is 2.98. The number of hydrogen-bond acceptors (Lipinski definition) is 3. The lowest BCUT2D eigenvalue weighted by Crippen LogP contribution is -2.48. The summed E-state index contributed by atoms with van der Waals surface area (Å²) in [5, 5.41) is 0. The number of benzene rings is 1. The van der Waals surface area contributed by atoms with Crippen molar-refractivity contribution < 1.29 is 27.6 Å². The molecule has 32 heavy (non-hydrogen) atoms. The second-order valence-corrected chi connectivity index (χ2v) is 9.16. The number of alkyl halides is 3. The number of carbonyl (C=O) groups excluding carboxylic acids is 3. The number of imide groups is 1. The first-order chi connectivity index (χ1) is 15.2. The third-order valence-corrected chi connectivity index (χ3v) is 6.98. The predicted molar refractivity (Wildman–Crippen MR) is 111 cm³/mol. The van der Waals surface area contributed by atoms with Crippen LogP contribution < -0.4 is 0 Å². The summed E-state index contributed by atoms with van der Waals surface area (Å²) in [5.74, 6) is -4.71. The second-order valence-electron chi connectivity index (χ2n) is 9.16. The molecular formula is C24H27F3N2O3. The lowest BCUT2D eigenvalue weighted by atomic mass is 9.71. The van der Waals surface area contributed by atoms with Crippen molar-refractivity contribution in [1.82, 2.24) is 9.80 Å². The molecule has 0 aromatic heterocycles. The molecule has 1 aromatic rings. The number of allylic oxidation sites excluding steroid dienone is 1. The summed E-state index contributed by atoms with van der Waals surface area (Å²) in [6, 6.07) is 10.2. The van der Waals surface area contributed by atoms with E-state index in [2.05, 4.69) is 12.1 Å². The second kappa shape index (κ2) is 8.71. The largest absolute Gasteiger partial charge is 0.406 e. The number of fused-ring (bicyclic) bond motifs is 1. The van der Waals surface area contributed by atoms with Crippen molar-refractivity contribution in [3.05, 3.63) is 48.0 Å². The third-order valence-electron chi connectivity index (χ3n) is 6.98. The van der Waals surface area contributed by atoms with Gasteiger partial charge in [-0.2, -0.15) is 13.2 Å². The lowest BCUT2D eigenvalue weighted by Gasteiger charge is -2.38. The standard InChI is InChI=1S/C24H27F3N2O3/c1-15-7-8-18-20(23(32)29(21(18)30)14-24(25,26)27)19(15)22(31)28-11-9-17(10-12-28)13-16-5-3-2-4-6-16/h2-8,15,17-20H,9-14H2,1H3/t15-,18+,19-,20+/m1/s1. The van der Waals surface area contributed by atoms with Crippen LogP contribution in [0.3, 0.4) is 0 Å². The zero-order valence-corrected chi connectivity index (χ0v) is 17.9. The molecule has 5 nitrogen and oxygen atoms in total. The number of rotatable bonds is 4. The molecule has 3 aliphatic rings. The van der Waals surface area contributed by atoms with Gasteiger partial charge in [0.15, 0.2) is 0 Å². The molecule has 1 aliphatic carbocycles. The topological polar surface area (TPSA) is 57.7 Å². The average molecular weight is 448 g/mol. The van der Waals surface area contributed by atoms with Crippen LogP contribution in [-0.4, -0.2) is 53.3 Å². The molecule has 0 saturated carbocycles. The Balaban J connectivity index is 1.44. The first-order valence-electron chi connectivity index (χ1n) is 11.1. The van der Waals surface area contributed by atoms with Crippen molar-refractivity contribution in [2.24, 2.45) is 29.6 Å². The number of carbonyl (C=O) groups is 3. The molecule has 0 bridgehead atoms. The van der Waals surface area contributed by atoms with Gasteiger partial charge in [-0.1, -0.05) is 49.4 Å². The normalized spacial score (nSPS) is 28.9. The van der Waals surface area contributed by atoms with Crippen molar-refractivity contribution in [3.8, 4) is 0 Å². The fraction of sp³-hybridized carbons (Fsp3) is 0.542. The van der Waals surface area contributed by atoms with Crippen molar-refractivity contribution in [3.63, 3.8) is 0 Å². The van der Waals surface area contributed by atoms with Gasteiger partial charge in [0, 0.05) is 13.1 Å². The Hall–Kier alpha value is -2.64. The molecule has 8 heteroatoms. The quantitative estimate of drug-likeness (QED) is 0.524. The van der Waals surface area contributed by atoms with E-state index < -0.39 is 42.3 Å². The molecular weight excluding hydrogens is 421 g/mol. The molecule has 2 aliphatic heterocycles. The zero-order valence-electron chi connectivity index (χ0n) is 17.9. The van der Waals surface area contributed by atoms with Crippen LogP contribution >= 0.6 is 0 Å². The summed E-state index contributed by atoms with van der Waals surface area (Å²) in [6.45, 7) is 1.28. The molecule has 4 rings (SSSR count). The van der Waals surface area contributed by atoms with Gasteiger partial charge in [-0.25, -0.2) is 0 Å². The van der Waals surface area contributed by atoms with E-state index in [4.69, 9.17) is 0 Å². The molecule has 1 aromatic carbocycles. The molecule has 0 spiro atoms. The van der Waals surface area contributed by atoms with Gasteiger partial charge in [-0.05, 0) is 36.7 Å². The van der Waals surface area contributed by atoms with E-state index in [1.807, 2.05) is 18.2 Å². The number of likely N-dealkylation sites (tertiary alicyclic amines) is 2. The van der Waals surface area contributed by atoms with Crippen LogP contribution in [0.5, 0.6) is 0 Å². The van der Waals surface area contributed by atoms with Gasteiger partial charge in [0.05, 0.1) is 17.8 Å². The SMILES string of the molecule is C[C@@H]1C=C[C@@H]2C(=O)N(CC(F)(F)F)C(=O)[C@@H]2[C@@H]1C(=O)N1CCC(Cc2ccccc2)CC1. The van der Waals surface area contributed by atoms with Crippen LogP contribution in [-0.2, 0) is 20.8 Å². The molecule has 172 valence electrons. The number of halogens is 3. The Morgan fingerprint density at radius 1 is 1.03 bits per heavy atom. The van der Waals surface area contributed by atoms with Crippen molar-refractivity contribution in [1.29, 1.82) is 0 Å². The summed E-state index contributed by atoms with van der Waals surface area (Å²) in [4.78, 5) is 40.8. The molecule has 2 fully saturated rings. The summed E-state index contributed by atoms with van der Waals surface area (Å²) in [5.41, 5.74) is 1.26. The number of nitrogens with zero attached hydrogens (tertiary/aromatic N) is 2. The van der Waals surface area contributed by atoms with Gasteiger partial charge in [0.1, 0.15) is 6.54 Å². The molecule has 0 radical (unpaired) electrons. The van der Waals surface area contributed by atoms with Gasteiger partial charge in [-0.15, -0.1) is 0 Å². The molecule has 2 heterocycles. The van der Waals surface area contributed by atoms with Gasteiger partial charge in [0.2, 0.25) is 17.7 Å². The van der Waals surface area contributed by atoms with Crippen LogP contribution in [0.25, 0.3) is 0 Å². The van der Waals surface area contributed by atoms with E-state index in [1.165, 1.54) is 11.6 Å². The van der Waals surface area contributed by atoms with Crippen molar-refractivity contribution >= 4 is 17.7 Å². The van der Waals surface area contributed by atoms with Gasteiger partial charge >= 0.3 is 6.18 Å². The minimum Gasteiger partial charge on any atom is -0.342 e. The Kier molecular flexibility index (Phi) is 6.14. The summed E-state index contributed by atoms with van der Waals surface area (Å²) in [7, 11) is 0. The first-order valence-corrected chi connectivity index (χ1v) is 11.1. The zero-order chi connectivity index (χ0) is 23.0. The molecule has 3 amide bonds. The molecule has 0 unspecified atom stereocenters. The van der Waals surface area contributed by atoms with Crippen molar-refractivity contribution in [2.45, 2.75) is 32.4 Å². The summed E-state index contributed by atoms with van der Waals surface area (Å²) in [6.07, 6.45) is 1.12. The van der Waals surface area contributed by atoms with E-state index in [9.17, 15) is 27.6 Å². The molecule has 4 atom stereocenters. The maximum absolute atomic E-state index is 13.4. The molecule has 0 N–H and O–H groups in total. The third kappa shape index (κ3) is 4.45. The minimum atomic E-state index is -4.67. The minimum absolute atomic E-state index is 0.231. The van der Waals surface area contributed by atoms with Crippen molar-refractivity contribution in [2.75, 3.05) is 19.6 Å². The lowest BCUT2D eigenvalue weighted by molar-refractivity contribution is -0.167. The van der Waals surface area contributed by atoms with E-state index in [0.717, 1.165) is 19.3 Å². The summed E-state index contributed by atoms with van der Waals surface area (Å²) >= 11 is 0. The Morgan fingerprint density at radius 3 is 2.31 bits per heavy atom. The first kappa shape index (κ1) is 22.6. The van der Waals surface area contributed by atoms with Gasteiger partial charge < -0.3 is 4.90 Å². The van der Waals surface area contributed by atoms with E-state index in [1.54, 1.807) is 17.9 Å². The Labute approximate surface area is 185 Å². The monoisotopic (exact) mass is 448 g/mol. The van der Waals surface area contributed by atoms with Crippen LogP contribution in [0.1, 0.15) is 25.3 Å². The smallest absolute Gasteiger partial charge is 0.342 e.